The Balaban J connectivity index is 1.63. The zero-order chi connectivity index (χ0) is 16.9. The van der Waals surface area contributed by atoms with Crippen LogP contribution in [0.2, 0.25) is 0 Å². The number of hydrogen-bond acceptors (Lipinski definition) is 4. The van der Waals surface area contributed by atoms with Crippen LogP contribution in [-0.4, -0.2) is 26.3 Å². The van der Waals surface area contributed by atoms with Crippen molar-refractivity contribution in [1.29, 1.82) is 0 Å². The minimum absolute atomic E-state index is 0.129. The van der Waals surface area contributed by atoms with Crippen molar-refractivity contribution >= 4 is 39.3 Å². The van der Waals surface area contributed by atoms with Crippen molar-refractivity contribution in [3.63, 3.8) is 0 Å². The molecular formula is C17H14BrN3O2S. The van der Waals surface area contributed by atoms with Crippen LogP contribution in [0.25, 0.3) is 5.69 Å². The summed E-state index contributed by atoms with van der Waals surface area (Å²) in [5.41, 5.74) is 1.63. The van der Waals surface area contributed by atoms with E-state index >= 15 is 0 Å². The Labute approximate surface area is 151 Å². The molecule has 3 aromatic rings. The van der Waals surface area contributed by atoms with E-state index in [0.29, 0.717) is 5.69 Å². The van der Waals surface area contributed by atoms with E-state index in [4.69, 9.17) is 0 Å². The van der Waals surface area contributed by atoms with Gasteiger partial charge in [-0.15, -0.1) is 0 Å². The molecule has 0 spiro atoms. The van der Waals surface area contributed by atoms with Crippen molar-refractivity contribution in [2.24, 2.45) is 0 Å². The van der Waals surface area contributed by atoms with Gasteiger partial charge in [-0.05, 0) is 48.5 Å². The molecule has 122 valence electrons. The van der Waals surface area contributed by atoms with Crippen molar-refractivity contribution in [2.75, 3.05) is 11.1 Å². The number of phenolic OH excluding ortho intramolecular Hbond substituents is 1. The summed E-state index contributed by atoms with van der Waals surface area (Å²) in [4.78, 5) is 16.4. The average molecular weight is 404 g/mol. The van der Waals surface area contributed by atoms with Gasteiger partial charge in [0.25, 0.3) is 0 Å². The van der Waals surface area contributed by atoms with Gasteiger partial charge in [-0.2, -0.15) is 0 Å². The van der Waals surface area contributed by atoms with Crippen LogP contribution in [0.1, 0.15) is 0 Å². The highest BCUT2D eigenvalue weighted by atomic mass is 79.9. The van der Waals surface area contributed by atoms with Gasteiger partial charge in [0, 0.05) is 28.2 Å². The molecule has 1 heterocycles. The van der Waals surface area contributed by atoms with Gasteiger partial charge in [-0.1, -0.05) is 27.7 Å². The molecule has 1 aromatic heterocycles. The molecule has 0 radical (unpaired) electrons. The van der Waals surface area contributed by atoms with Gasteiger partial charge in [0.1, 0.15) is 5.75 Å². The Morgan fingerprint density at radius 2 is 1.88 bits per heavy atom. The Morgan fingerprint density at radius 1 is 1.17 bits per heavy atom. The second-order valence-corrected chi connectivity index (χ2v) is 6.80. The predicted octanol–water partition coefficient (Wildman–Crippen LogP) is 4.07. The van der Waals surface area contributed by atoms with Crippen LogP contribution >= 0.6 is 27.7 Å². The van der Waals surface area contributed by atoms with Gasteiger partial charge in [0.2, 0.25) is 5.91 Å². The number of thioether (sulfide) groups is 1. The van der Waals surface area contributed by atoms with Crippen LogP contribution in [0.5, 0.6) is 5.75 Å². The Morgan fingerprint density at radius 3 is 2.58 bits per heavy atom. The van der Waals surface area contributed by atoms with E-state index in [9.17, 15) is 9.90 Å². The number of benzene rings is 2. The summed E-state index contributed by atoms with van der Waals surface area (Å²) >= 11 is 4.78. The molecule has 5 nitrogen and oxygen atoms in total. The number of hydrogen-bond donors (Lipinski definition) is 2. The summed E-state index contributed by atoms with van der Waals surface area (Å²) in [6, 6.07) is 14.2. The lowest BCUT2D eigenvalue weighted by atomic mass is 10.3. The molecule has 0 saturated carbocycles. The predicted molar refractivity (Wildman–Crippen MR) is 98.7 cm³/mol. The number of halogens is 1. The zero-order valence-corrected chi connectivity index (χ0v) is 14.9. The van der Waals surface area contributed by atoms with Crippen LogP contribution in [0.3, 0.4) is 0 Å². The maximum atomic E-state index is 12.0. The Hall–Kier alpha value is -2.25. The number of aromatic nitrogens is 2. The number of aromatic hydroxyl groups is 1. The van der Waals surface area contributed by atoms with E-state index in [1.165, 1.54) is 23.9 Å². The fourth-order valence-corrected chi connectivity index (χ4v) is 3.10. The first-order valence-electron chi connectivity index (χ1n) is 7.13. The fourth-order valence-electron chi connectivity index (χ4n) is 2.07. The molecule has 2 N–H and O–H groups in total. The highest BCUT2D eigenvalue weighted by molar-refractivity contribution is 9.10. The van der Waals surface area contributed by atoms with Gasteiger partial charge in [-0.3, -0.25) is 9.36 Å². The standard InChI is InChI=1S/C17H14BrN3O2S/c18-12-1-5-14(6-2-12)21-10-9-19-17(21)24-11-16(23)20-13-3-7-15(22)8-4-13/h1-10,22H,11H2,(H,20,23). The molecule has 0 aliphatic heterocycles. The van der Waals surface area contributed by atoms with E-state index in [1.807, 2.05) is 35.0 Å². The SMILES string of the molecule is O=C(CSc1nccn1-c1ccc(Br)cc1)Nc1ccc(O)cc1. The van der Waals surface area contributed by atoms with Crippen molar-refractivity contribution < 1.29 is 9.90 Å². The first-order chi connectivity index (χ1) is 11.6. The van der Waals surface area contributed by atoms with Gasteiger partial charge in [0.05, 0.1) is 5.75 Å². The maximum absolute atomic E-state index is 12.0. The molecule has 0 aliphatic carbocycles. The summed E-state index contributed by atoms with van der Waals surface area (Å²) in [5.74, 6) is 0.281. The molecule has 0 fully saturated rings. The number of carbonyl (C=O) groups is 1. The lowest BCUT2D eigenvalue weighted by molar-refractivity contribution is -0.113. The number of phenols is 1. The summed E-state index contributed by atoms with van der Waals surface area (Å²) in [7, 11) is 0. The molecular weight excluding hydrogens is 390 g/mol. The molecule has 7 heteroatoms. The third-order valence-electron chi connectivity index (χ3n) is 3.20. The van der Waals surface area contributed by atoms with E-state index in [2.05, 4.69) is 26.2 Å². The van der Waals surface area contributed by atoms with Crippen molar-refractivity contribution in [2.45, 2.75) is 5.16 Å². The lowest BCUT2D eigenvalue weighted by Crippen LogP contribution is -2.14. The number of carbonyl (C=O) groups excluding carboxylic acids is 1. The maximum Gasteiger partial charge on any atom is 0.234 e. The molecule has 3 rings (SSSR count). The second kappa shape index (κ2) is 7.55. The number of nitrogens with one attached hydrogen (secondary N) is 1. The van der Waals surface area contributed by atoms with Crippen LogP contribution in [0, 0.1) is 0 Å². The summed E-state index contributed by atoms with van der Waals surface area (Å²) < 4.78 is 2.94. The van der Waals surface area contributed by atoms with E-state index in [1.54, 1.807) is 18.3 Å². The first-order valence-corrected chi connectivity index (χ1v) is 8.90. The molecule has 0 saturated heterocycles. The topological polar surface area (TPSA) is 67.2 Å². The lowest BCUT2D eigenvalue weighted by Gasteiger charge is -2.08. The Bertz CT molecular complexity index is 832. The van der Waals surface area contributed by atoms with Crippen molar-refractivity contribution in [1.82, 2.24) is 9.55 Å². The van der Waals surface area contributed by atoms with E-state index in [0.717, 1.165) is 15.3 Å². The molecule has 2 aromatic carbocycles. The number of imidazole rings is 1. The normalized spacial score (nSPS) is 10.5. The van der Waals surface area contributed by atoms with Gasteiger partial charge >= 0.3 is 0 Å². The molecule has 24 heavy (non-hydrogen) atoms. The van der Waals surface area contributed by atoms with Crippen LogP contribution in [0.15, 0.2) is 70.6 Å². The minimum Gasteiger partial charge on any atom is -0.508 e. The highest BCUT2D eigenvalue weighted by Gasteiger charge is 2.09. The monoisotopic (exact) mass is 403 g/mol. The van der Waals surface area contributed by atoms with Gasteiger partial charge < -0.3 is 10.4 Å². The molecule has 0 atom stereocenters. The van der Waals surface area contributed by atoms with E-state index < -0.39 is 0 Å². The minimum atomic E-state index is -0.129. The molecule has 0 aliphatic rings. The average Bonchev–Trinajstić information content (AvgIpc) is 3.04. The quantitative estimate of drug-likeness (QED) is 0.497. The Kier molecular flexibility index (Phi) is 5.22. The molecule has 0 bridgehead atoms. The van der Waals surface area contributed by atoms with E-state index in [-0.39, 0.29) is 17.4 Å². The summed E-state index contributed by atoms with van der Waals surface area (Å²) in [6.45, 7) is 0. The smallest absolute Gasteiger partial charge is 0.234 e. The zero-order valence-electron chi connectivity index (χ0n) is 12.5. The number of rotatable bonds is 5. The summed E-state index contributed by atoms with van der Waals surface area (Å²) in [5, 5.41) is 12.8. The third kappa shape index (κ3) is 4.18. The number of amides is 1. The van der Waals surface area contributed by atoms with Crippen molar-refractivity contribution in [3.05, 3.63) is 65.4 Å². The molecule has 1 amide bonds. The second-order valence-electron chi connectivity index (χ2n) is 4.94. The van der Waals surface area contributed by atoms with Gasteiger partial charge in [0.15, 0.2) is 5.16 Å². The largest absolute Gasteiger partial charge is 0.508 e. The van der Waals surface area contributed by atoms with Gasteiger partial charge in [-0.25, -0.2) is 4.98 Å². The van der Waals surface area contributed by atoms with Crippen LogP contribution in [0.4, 0.5) is 5.69 Å². The third-order valence-corrected chi connectivity index (χ3v) is 4.69. The summed E-state index contributed by atoms with van der Waals surface area (Å²) in [6.07, 6.45) is 3.58. The van der Waals surface area contributed by atoms with Crippen LogP contribution in [-0.2, 0) is 4.79 Å². The first kappa shape index (κ1) is 16.6. The number of anilines is 1. The fraction of sp³-hybridized carbons (Fsp3) is 0.0588. The molecule has 0 unspecified atom stereocenters. The van der Waals surface area contributed by atoms with Crippen LogP contribution < -0.4 is 5.32 Å². The highest BCUT2D eigenvalue weighted by Crippen LogP contribution is 2.22. The number of nitrogens with zero attached hydrogens (tertiary/aromatic N) is 2. The van der Waals surface area contributed by atoms with Crippen molar-refractivity contribution in [3.8, 4) is 11.4 Å².